The Kier molecular flexibility index (Phi) is 6.32. The molecule has 72 valence electrons. The first kappa shape index (κ1) is 11.5. The molecule has 0 atom stereocenters. The molecule has 1 aromatic carbocycles. The molecule has 0 heterocycles. The molecule has 0 radical (unpaired) electrons. The van der Waals surface area contributed by atoms with Crippen LogP contribution in [0.2, 0.25) is 0 Å². The Morgan fingerprint density at radius 2 is 1.69 bits per heavy atom. The highest BCUT2D eigenvalue weighted by Crippen LogP contribution is 1.96. The SMILES string of the molecule is CCc1ccccc1.CN=C(N)N. The van der Waals surface area contributed by atoms with E-state index in [1.54, 1.807) is 0 Å². The van der Waals surface area contributed by atoms with Crippen molar-refractivity contribution in [3.05, 3.63) is 35.9 Å². The van der Waals surface area contributed by atoms with Crippen molar-refractivity contribution in [2.75, 3.05) is 7.05 Å². The third kappa shape index (κ3) is 6.87. The lowest BCUT2D eigenvalue weighted by Gasteiger charge is -1.89. The van der Waals surface area contributed by atoms with Crippen LogP contribution < -0.4 is 11.5 Å². The van der Waals surface area contributed by atoms with Crippen molar-refractivity contribution in [1.29, 1.82) is 0 Å². The number of guanidine groups is 1. The predicted molar refractivity (Wildman–Crippen MR) is 57.6 cm³/mol. The van der Waals surface area contributed by atoms with Gasteiger partial charge in [0.15, 0.2) is 5.96 Å². The van der Waals surface area contributed by atoms with Crippen LogP contribution in [0.3, 0.4) is 0 Å². The fraction of sp³-hybridized carbons (Fsp3) is 0.300. The van der Waals surface area contributed by atoms with Gasteiger partial charge in [-0.1, -0.05) is 37.3 Å². The summed E-state index contributed by atoms with van der Waals surface area (Å²) >= 11 is 0. The van der Waals surface area contributed by atoms with E-state index in [2.05, 4.69) is 36.2 Å². The summed E-state index contributed by atoms with van der Waals surface area (Å²) in [6.45, 7) is 2.16. The summed E-state index contributed by atoms with van der Waals surface area (Å²) < 4.78 is 0. The fourth-order valence-corrected chi connectivity index (χ4v) is 0.714. The van der Waals surface area contributed by atoms with Gasteiger partial charge in [-0.15, -0.1) is 0 Å². The maximum atomic E-state index is 4.82. The molecule has 0 unspecified atom stereocenters. The summed E-state index contributed by atoms with van der Waals surface area (Å²) in [5, 5.41) is 0. The summed E-state index contributed by atoms with van der Waals surface area (Å²) in [5.74, 6) is 0.130. The van der Waals surface area contributed by atoms with E-state index in [-0.39, 0.29) is 5.96 Å². The molecule has 1 aromatic rings. The largest absolute Gasteiger partial charge is 0.370 e. The highest BCUT2D eigenvalue weighted by molar-refractivity contribution is 5.75. The molecule has 0 saturated carbocycles. The molecule has 0 spiro atoms. The Morgan fingerprint density at radius 1 is 1.23 bits per heavy atom. The molecular weight excluding hydrogens is 162 g/mol. The number of hydrogen-bond donors (Lipinski definition) is 2. The first-order valence-electron chi connectivity index (χ1n) is 4.22. The first-order chi connectivity index (χ1) is 6.20. The molecule has 0 aliphatic heterocycles. The third-order valence-electron chi connectivity index (χ3n) is 1.51. The van der Waals surface area contributed by atoms with Gasteiger partial charge in [0.05, 0.1) is 0 Å². The minimum atomic E-state index is 0.130. The summed E-state index contributed by atoms with van der Waals surface area (Å²) in [4.78, 5) is 3.36. The minimum Gasteiger partial charge on any atom is -0.370 e. The molecule has 0 amide bonds. The zero-order valence-electron chi connectivity index (χ0n) is 8.20. The van der Waals surface area contributed by atoms with Gasteiger partial charge >= 0.3 is 0 Å². The van der Waals surface area contributed by atoms with Crippen LogP contribution in [0.4, 0.5) is 0 Å². The number of aliphatic imine (C=N–C) groups is 1. The lowest BCUT2D eigenvalue weighted by Crippen LogP contribution is -2.21. The smallest absolute Gasteiger partial charge is 0.185 e. The molecule has 0 aromatic heterocycles. The van der Waals surface area contributed by atoms with Crippen LogP contribution in [-0.4, -0.2) is 13.0 Å². The maximum absolute atomic E-state index is 4.82. The molecule has 0 bridgehead atoms. The summed E-state index contributed by atoms with van der Waals surface area (Å²) in [7, 11) is 1.54. The van der Waals surface area contributed by atoms with E-state index in [9.17, 15) is 0 Å². The predicted octanol–water partition coefficient (Wildman–Crippen LogP) is 1.14. The van der Waals surface area contributed by atoms with Crippen LogP contribution in [0.1, 0.15) is 12.5 Å². The number of rotatable bonds is 1. The molecule has 0 fully saturated rings. The quantitative estimate of drug-likeness (QED) is 0.501. The van der Waals surface area contributed by atoms with Gasteiger partial charge in [0.1, 0.15) is 0 Å². The topological polar surface area (TPSA) is 64.4 Å². The zero-order chi connectivity index (χ0) is 10.1. The van der Waals surface area contributed by atoms with Crippen LogP contribution in [0.5, 0.6) is 0 Å². The van der Waals surface area contributed by atoms with E-state index < -0.39 is 0 Å². The molecule has 3 nitrogen and oxygen atoms in total. The monoisotopic (exact) mass is 179 g/mol. The van der Waals surface area contributed by atoms with E-state index in [0.717, 1.165) is 6.42 Å². The second-order valence-corrected chi connectivity index (χ2v) is 2.49. The minimum absolute atomic E-state index is 0.130. The Bertz CT molecular complexity index is 238. The van der Waals surface area contributed by atoms with Crippen molar-refractivity contribution in [2.24, 2.45) is 16.5 Å². The Hall–Kier alpha value is -1.51. The first-order valence-corrected chi connectivity index (χ1v) is 4.22. The second kappa shape index (κ2) is 7.16. The van der Waals surface area contributed by atoms with E-state index in [1.165, 1.54) is 12.6 Å². The number of nitrogens with two attached hydrogens (primary N) is 2. The van der Waals surface area contributed by atoms with Crippen molar-refractivity contribution < 1.29 is 0 Å². The number of benzene rings is 1. The van der Waals surface area contributed by atoms with Crippen LogP contribution >= 0.6 is 0 Å². The van der Waals surface area contributed by atoms with E-state index in [4.69, 9.17) is 11.5 Å². The van der Waals surface area contributed by atoms with Gasteiger partial charge in [-0.25, -0.2) is 0 Å². The number of hydrogen-bond acceptors (Lipinski definition) is 1. The van der Waals surface area contributed by atoms with Gasteiger partial charge in [-0.2, -0.15) is 0 Å². The van der Waals surface area contributed by atoms with Crippen molar-refractivity contribution in [2.45, 2.75) is 13.3 Å². The van der Waals surface area contributed by atoms with E-state index >= 15 is 0 Å². The van der Waals surface area contributed by atoms with Gasteiger partial charge in [-0.05, 0) is 12.0 Å². The summed E-state index contributed by atoms with van der Waals surface area (Å²) in [6, 6.07) is 10.5. The zero-order valence-corrected chi connectivity index (χ0v) is 8.20. The lowest BCUT2D eigenvalue weighted by molar-refractivity contribution is 1.14. The molecular formula is C10H17N3. The number of aryl methyl sites for hydroxylation is 1. The average Bonchev–Trinajstić information content (AvgIpc) is 2.20. The second-order valence-electron chi connectivity index (χ2n) is 2.49. The van der Waals surface area contributed by atoms with Crippen LogP contribution in [0.15, 0.2) is 35.3 Å². The van der Waals surface area contributed by atoms with E-state index in [1.807, 2.05) is 6.07 Å². The molecule has 0 saturated heterocycles. The van der Waals surface area contributed by atoms with Crippen LogP contribution in [0, 0.1) is 0 Å². The van der Waals surface area contributed by atoms with Crippen LogP contribution in [-0.2, 0) is 6.42 Å². The van der Waals surface area contributed by atoms with Crippen molar-refractivity contribution in [3.8, 4) is 0 Å². The van der Waals surface area contributed by atoms with Gasteiger partial charge in [0.2, 0.25) is 0 Å². The Labute approximate surface area is 79.5 Å². The highest BCUT2D eigenvalue weighted by atomic mass is 15.0. The molecule has 1 rings (SSSR count). The molecule has 0 aliphatic carbocycles. The molecule has 13 heavy (non-hydrogen) atoms. The molecule has 3 heteroatoms. The number of nitrogens with zero attached hydrogens (tertiary/aromatic N) is 1. The van der Waals surface area contributed by atoms with Gasteiger partial charge in [0, 0.05) is 7.05 Å². The van der Waals surface area contributed by atoms with Crippen LogP contribution in [0.25, 0.3) is 0 Å². The highest BCUT2D eigenvalue weighted by Gasteiger charge is 1.79. The summed E-state index contributed by atoms with van der Waals surface area (Å²) in [6.07, 6.45) is 1.14. The standard InChI is InChI=1S/C8H10.C2H7N3/c1-2-8-6-4-3-5-7-8;1-5-2(3)4/h3-7H,2H2,1H3;1H3,(H4,3,4,5). The maximum Gasteiger partial charge on any atom is 0.185 e. The van der Waals surface area contributed by atoms with E-state index in [0.29, 0.717) is 0 Å². The normalized spacial score (nSPS) is 8.15. The Morgan fingerprint density at radius 3 is 1.92 bits per heavy atom. The average molecular weight is 179 g/mol. The third-order valence-corrected chi connectivity index (χ3v) is 1.51. The van der Waals surface area contributed by atoms with Crippen molar-refractivity contribution in [1.82, 2.24) is 0 Å². The van der Waals surface area contributed by atoms with Gasteiger partial charge < -0.3 is 11.5 Å². The van der Waals surface area contributed by atoms with Gasteiger partial charge in [-0.3, -0.25) is 4.99 Å². The molecule has 0 aliphatic rings. The van der Waals surface area contributed by atoms with Crippen molar-refractivity contribution in [3.63, 3.8) is 0 Å². The lowest BCUT2D eigenvalue weighted by atomic mass is 10.2. The fourth-order valence-electron chi connectivity index (χ4n) is 0.714. The summed E-state index contributed by atoms with van der Waals surface area (Å²) in [5.41, 5.74) is 11.0. The van der Waals surface area contributed by atoms with Crippen molar-refractivity contribution >= 4 is 5.96 Å². The molecule has 4 N–H and O–H groups in total. The van der Waals surface area contributed by atoms with Gasteiger partial charge in [0.25, 0.3) is 0 Å². The Balaban J connectivity index is 0.000000252.